The van der Waals surface area contributed by atoms with Crippen LogP contribution in [0.15, 0.2) is 10.5 Å². The number of nitrogens with two attached hydrogens (primary N) is 1. The first kappa shape index (κ1) is 13.9. The summed E-state index contributed by atoms with van der Waals surface area (Å²) in [6.45, 7) is 2.95. The van der Waals surface area contributed by atoms with Crippen LogP contribution in [0.4, 0.5) is 0 Å². The number of ether oxygens (including phenoxy) is 1. The molecule has 1 aromatic rings. The Balaban J connectivity index is 2.48. The van der Waals surface area contributed by atoms with Crippen molar-refractivity contribution in [3.05, 3.63) is 27.2 Å². The standard InChI is InChI=1S/C15H22BrNO/c1-10(7-8-17)13-9-11-5-3-4-6-12(11)14(16)15(13)18-2/h9-10H,3-8,17H2,1-2H3. The van der Waals surface area contributed by atoms with Crippen LogP contribution in [-0.2, 0) is 12.8 Å². The van der Waals surface area contributed by atoms with Gasteiger partial charge in [-0.15, -0.1) is 0 Å². The second-order valence-corrected chi connectivity index (χ2v) is 5.93. The zero-order chi connectivity index (χ0) is 13.1. The Bertz CT molecular complexity index is 431. The van der Waals surface area contributed by atoms with Crippen molar-refractivity contribution >= 4 is 15.9 Å². The fourth-order valence-electron chi connectivity index (χ4n) is 2.83. The van der Waals surface area contributed by atoms with Crippen molar-refractivity contribution in [3.63, 3.8) is 0 Å². The molecule has 18 heavy (non-hydrogen) atoms. The van der Waals surface area contributed by atoms with Crippen molar-refractivity contribution in [3.8, 4) is 5.75 Å². The molecule has 2 N–H and O–H groups in total. The quantitative estimate of drug-likeness (QED) is 0.918. The molecule has 0 aliphatic heterocycles. The molecule has 2 rings (SSSR count). The van der Waals surface area contributed by atoms with Crippen LogP contribution in [0.1, 0.15) is 48.8 Å². The summed E-state index contributed by atoms with van der Waals surface area (Å²) in [6, 6.07) is 2.35. The largest absolute Gasteiger partial charge is 0.495 e. The van der Waals surface area contributed by atoms with E-state index in [1.807, 2.05) is 0 Å². The third kappa shape index (κ3) is 2.57. The highest BCUT2D eigenvalue weighted by Gasteiger charge is 2.21. The molecule has 0 amide bonds. The average Bonchev–Trinajstić information content (AvgIpc) is 2.39. The molecule has 0 spiro atoms. The molecular formula is C15H22BrNO. The van der Waals surface area contributed by atoms with Crippen LogP contribution < -0.4 is 10.5 Å². The Labute approximate surface area is 118 Å². The Morgan fingerprint density at radius 2 is 2.11 bits per heavy atom. The lowest BCUT2D eigenvalue weighted by molar-refractivity contribution is 0.401. The summed E-state index contributed by atoms with van der Waals surface area (Å²) in [5.74, 6) is 1.46. The molecule has 0 heterocycles. The highest BCUT2D eigenvalue weighted by molar-refractivity contribution is 9.10. The van der Waals surface area contributed by atoms with E-state index < -0.39 is 0 Å². The molecule has 0 aromatic heterocycles. The van der Waals surface area contributed by atoms with Gasteiger partial charge in [0.15, 0.2) is 0 Å². The number of methoxy groups -OCH3 is 1. The summed E-state index contributed by atoms with van der Waals surface area (Å²) in [4.78, 5) is 0. The molecular weight excluding hydrogens is 290 g/mol. The van der Waals surface area contributed by atoms with Crippen molar-refractivity contribution < 1.29 is 4.74 Å². The van der Waals surface area contributed by atoms with Crippen LogP contribution in [0.5, 0.6) is 5.75 Å². The van der Waals surface area contributed by atoms with Gasteiger partial charge in [-0.1, -0.05) is 13.0 Å². The monoisotopic (exact) mass is 311 g/mol. The van der Waals surface area contributed by atoms with E-state index in [1.54, 1.807) is 7.11 Å². The van der Waals surface area contributed by atoms with Gasteiger partial charge in [-0.05, 0) is 77.2 Å². The van der Waals surface area contributed by atoms with Gasteiger partial charge in [-0.25, -0.2) is 0 Å². The van der Waals surface area contributed by atoms with Gasteiger partial charge in [-0.2, -0.15) is 0 Å². The summed E-state index contributed by atoms with van der Waals surface area (Å²) < 4.78 is 6.79. The second-order valence-electron chi connectivity index (χ2n) is 5.14. The van der Waals surface area contributed by atoms with Gasteiger partial charge in [0.1, 0.15) is 5.75 Å². The number of benzene rings is 1. The van der Waals surface area contributed by atoms with Gasteiger partial charge in [0, 0.05) is 0 Å². The number of hydrogen-bond donors (Lipinski definition) is 1. The van der Waals surface area contributed by atoms with E-state index in [0.717, 1.165) is 25.1 Å². The summed E-state index contributed by atoms with van der Waals surface area (Å²) in [7, 11) is 1.76. The maximum atomic E-state index is 5.68. The van der Waals surface area contributed by atoms with Gasteiger partial charge < -0.3 is 10.5 Å². The zero-order valence-corrected chi connectivity index (χ0v) is 12.8. The molecule has 1 aliphatic rings. The van der Waals surface area contributed by atoms with E-state index in [-0.39, 0.29) is 0 Å². The molecule has 2 nitrogen and oxygen atoms in total. The third-order valence-corrected chi connectivity index (χ3v) is 4.74. The van der Waals surface area contributed by atoms with Crippen molar-refractivity contribution in [1.82, 2.24) is 0 Å². The van der Waals surface area contributed by atoms with E-state index in [9.17, 15) is 0 Å². The Hall–Kier alpha value is -0.540. The van der Waals surface area contributed by atoms with Crippen LogP contribution in [0.3, 0.4) is 0 Å². The minimum Gasteiger partial charge on any atom is -0.495 e. The number of fused-ring (bicyclic) bond motifs is 1. The molecule has 1 aliphatic carbocycles. The minimum atomic E-state index is 0.452. The summed E-state index contributed by atoms with van der Waals surface area (Å²) in [5, 5.41) is 0. The number of aryl methyl sites for hydroxylation is 1. The van der Waals surface area contributed by atoms with Gasteiger partial charge in [0.25, 0.3) is 0 Å². The smallest absolute Gasteiger partial charge is 0.136 e. The van der Waals surface area contributed by atoms with E-state index in [4.69, 9.17) is 10.5 Å². The topological polar surface area (TPSA) is 35.2 Å². The molecule has 0 saturated carbocycles. The van der Waals surface area contributed by atoms with Crippen LogP contribution in [0, 0.1) is 0 Å². The van der Waals surface area contributed by atoms with E-state index >= 15 is 0 Å². The van der Waals surface area contributed by atoms with Crippen LogP contribution in [-0.4, -0.2) is 13.7 Å². The molecule has 1 unspecified atom stereocenters. The SMILES string of the molecule is COc1c(C(C)CCN)cc2c(c1Br)CCCC2. The third-order valence-electron chi connectivity index (χ3n) is 3.90. The lowest BCUT2D eigenvalue weighted by Crippen LogP contribution is -2.10. The van der Waals surface area contributed by atoms with Crippen molar-refractivity contribution in [2.24, 2.45) is 5.73 Å². The first-order valence-corrected chi connectivity index (χ1v) is 7.56. The average molecular weight is 312 g/mol. The molecule has 0 saturated heterocycles. The lowest BCUT2D eigenvalue weighted by Gasteiger charge is -2.24. The Morgan fingerprint density at radius 3 is 2.78 bits per heavy atom. The van der Waals surface area contributed by atoms with Crippen LogP contribution in [0.2, 0.25) is 0 Å². The summed E-state index contributed by atoms with van der Waals surface area (Å²) >= 11 is 3.74. The van der Waals surface area contributed by atoms with Gasteiger partial charge in [0.05, 0.1) is 11.6 Å². The predicted octanol–water partition coefficient (Wildman–Crippen LogP) is 3.79. The number of rotatable bonds is 4. The van der Waals surface area contributed by atoms with Crippen LogP contribution in [0.25, 0.3) is 0 Å². The van der Waals surface area contributed by atoms with Crippen molar-refractivity contribution in [2.45, 2.75) is 44.9 Å². The Morgan fingerprint density at radius 1 is 1.39 bits per heavy atom. The van der Waals surface area contributed by atoms with Crippen molar-refractivity contribution in [1.29, 1.82) is 0 Å². The molecule has 1 atom stereocenters. The fourth-order valence-corrected chi connectivity index (χ4v) is 3.68. The van der Waals surface area contributed by atoms with Gasteiger partial charge in [0.2, 0.25) is 0 Å². The normalized spacial score (nSPS) is 16.2. The molecule has 0 fully saturated rings. The minimum absolute atomic E-state index is 0.452. The van der Waals surface area contributed by atoms with Crippen LogP contribution >= 0.6 is 15.9 Å². The van der Waals surface area contributed by atoms with Crippen molar-refractivity contribution in [2.75, 3.05) is 13.7 Å². The Kier molecular flexibility index (Phi) is 4.68. The summed E-state index contributed by atoms with van der Waals surface area (Å²) in [6.07, 6.45) is 5.95. The molecule has 1 aromatic carbocycles. The summed E-state index contributed by atoms with van der Waals surface area (Å²) in [5.41, 5.74) is 9.92. The molecule has 0 bridgehead atoms. The maximum absolute atomic E-state index is 5.68. The first-order chi connectivity index (χ1) is 8.69. The lowest BCUT2D eigenvalue weighted by atomic mass is 9.86. The fraction of sp³-hybridized carbons (Fsp3) is 0.600. The predicted molar refractivity (Wildman–Crippen MR) is 79.4 cm³/mol. The maximum Gasteiger partial charge on any atom is 0.136 e. The van der Waals surface area contributed by atoms with E-state index in [1.165, 1.54) is 40.4 Å². The molecule has 0 radical (unpaired) electrons. The van der Waals surface area contributed by atoms with E-state index in [0.29, 0.717) is 5.92 Å². The van der Waals surface area contributed by atoms with Gasteiger partial charge in [-0.3, -0.25) is 0 Å². The number of hydrogen-bond acceptors (Lipinski definition) is 2. The van der Waals surface area contributed by atoms with E-state index in [2.05, 4.69) is 28.9 Å². The zero-order valence-electron chi connectivity index (χ0n) is 11.3. The van der Waals surface area contributed by atoms with Gasteiger partial charge >= 0.3 is 0 Å². The highest BCUT2D eigenvalue weighted by Crippen LogP contribution is 2.41. The molecule has 100 valence electrons. The number of halogens is 1. The second kappa shape index (κ2) is 6.07. The molecule has 3 heteroatoms. The highest BCUT2D eigenvalue weighted by atomic mass is 79.9. The first-order valence-electron chi connectivity index (χ1n) is 6.77.